The molecule has 0 bridgehead atoms. The molecule has 0 aliphatic rings. The van der Waals surface area contributed by atoms with E-state index in [1.165, 1.54) is 4.88 Å². The first-order chi connectivity index (χ1) is 9.19. The zero-order valence-corrected chi connectivity index (χ0v) is 11.5. The molecule has 19 heavy (non-hydrogen) atoms. The van der Waals surface area contributed by atoms with Gasteiger partial charge in [-0.3, -0.25) is 0 Å². The molecule has 0 aliphatic carbocycles. The average molecular weight is 276 g/mol. The summed E-state index contributed by atoms with van der Waals surface area (Å²) < 4.78 is 0. The number of hydrogen-bond acceptors (Lipinski definition) is 4. The maximum atomic E-state index is 11.1. The van der Waals surface area contributed by atoms with Crippen molar-refractivity contribution in [2.75, 3.05) is 5.32 Å². The lowest BCUT2D eigenvalue weighted by Crippen LogP contribution is -2.06. The van der Waals surface area contributed by atoms with Crippen LogP contribution in [0.3, 0.4) is 0 Å². The number of aromatic nitrogens is 1. The van der Waals surface area contributed by atoms with Gasteiger partial charge in [0.15, 0.2) is 0 Å². The predicted molar refractivity (Wildman–Crippen MR) is 76.8 cm³/mol. The molecule has 0 aromatic carbocycles. The van der Waals surface area contributed by atoms with Gasteiger partial charge in [0.25, 0.3) is 0 Å². The summed E-state index contributed by atoms with van der Waals surface area (Å²) in [5.74, 6) is -0.296. The first-order valence-electron chi connectivity index (χ1n) is 6.19. The Hall–Kier alpha value is -1.88. The molecule has 2 N–H and O–H groups in total. The van der Waals surface area contributed by atoms with Gasteiger partial charge in [0.05, 0.1) is 12.1 Å². The van der Waals surface area contributed by atoms with Crippen LogP contribution in [0.25, 0.3) is 0 Å². The highest BCUT2D eigenvalue weighted by Crippen LogP contribution is 2.15. The third-order valence-corrected chi connectivity index (χ3v) is 3.53. The van der Waals surface area contributed by atoms with E-state index in [1.807, 2.05) is 24.4 Å². The van der Waals surface area contributed by atoms with E-state index in [1.54, 1.807) is 23.5 Å². The molecule has 0 saturated heterocycles. The van der Waals surface area contributed by atoms with E-state index in [9.17, 15) is 4.79 Å². The number of rotatable bonds is 6. The van der Waals surface area contributed by atoms with Gasteiger partial charge in [0.2, 0.25) is 0 Å². The van der Waals surface area contributed by atoms with Gasteiger partial charge in [-0.15, -0.1) is 11.3 Å². The Morgan fingerprint density at radius 1 is 1.47 bits per heavy atom. The van der Waals surface area contributed by atoms with Crippen LogP contribution in [0.1, 0.15) is 34.3 Å². The third kappa shape index (κ3) is 3.79. The molecule has 0 saturated carbocycles. The minimum Gasteiger partial charge on any atom is -0.478 e. The Labute approximate surface area is 116 Å². The van der Waals surface area contributed by atoms with Crippen molar-refractivity contribution in [2.45, 2.75) is 26.3 Å². The minimum absolute atomic E-state index is 0.284. The molecule has 2 rings (SSSR count). The maximum Gasteiger partial charge on any atom is 0.335 e. The van der Waals surface area contributed by atoms with Crippen molar-refractivity contribution >= 4 is 23.1 Å². The number of aromatic carboxylic acids is 1. The van der Waals surface area contributed by atoms with Crippen LogP contribution in [-0.2, 0) is 13.0 Å². The summed E-state index contributed by atoms with van der Waals surface area (Å²) >= 11 is 1.66. The number of hydrogen-bond donors (Lipinski definition) is 2. The predicted octanol–water partition coefficient (Wildman–Crippen LogP) is 3.41. The number of pyridine rings is 1. The van der Waals surface area contributed by atoms with Gasteiger partial charge in [-0.1, -0.05) is 19.4 Å². The van der Waals surface area contributed by atoms with Crippen LogP contribution in [0.15, 0.2) is 29.6 Å². The van der Waals surface area contributed by atoms with Gasteiger partial charge >= 0.3 is 5.97 Å². The Morgan fingerprint density at radius 2 is 2.32 bits per heavy atom. The summed E-state index contributed by atoms with van der Waals surface area (Å²) in [6, 6.07) is 7.24. The molecule has 5 heteroatoms. The normalized spacial score (nSPS) is 10.4. The zero-order valence-electron chi connectivity index (χ0n) is 10.7. The van der Waals surface area contributed by atoms with Crippen LogP contribution < -0.4 is 5.32 Å². The number of carbonyl (C=O) groups is 1. The lowest BCUT2D eigenvalue weighted by molar-refractivity contribution is 0.0696. The van der Waals surface area contributed by atoms with Crippen LogP contribution in [0.5, 0.6) is 0 Å². The van der Waals surface area contributed by atoms with Gasteiger partial charge in [0, 0.05) is 10.6 Å². The highest BCUT2D eigenvalue weighted by atomic mass is 32.1. The average Bonchev–Trinajstić information content (AvgIpc) is 2.89. The van der Waals surface area contributed by atoms with E-state index in [0.29, 0.717) is 12.4 Å². The highest BCUT2D eigenvalue weighted by Gasteiger charge is 2.08. The van der Waals surface area contributed by atoms with Crippen LogP contribution >= 0.6 is 11.3 Å². The first-order valence-corrected chi connectivity index (χ1v) is 7.07. The monoisotopic (exact) mass is 276 g/mol. The van der Waals surface area contributed by atoms with Gasteiger partial charge < -0.3 is 10.4 Å². The summed E-state index contributed by atoms with van der Waals surface area (Å²) in [6.45, 7) is 2.72. The molecular formula is C14H16N2O2S. The van der Waals surface area contributed by atoms with Crippen LogP contribution in [0, 0.1) is 0 Å². The number of carboxylic acid groups (broad SMARTS) is 1. The Balaban J connectivity index is 2.16. The number of nitrogens with zero attached hydrogens (tertiary/aromatic N) is 1. The summed E-state index contributed by atoms with van der Waals surface area (Å²) in [7, 11) is 0. The number of anilines is 1. The summed E-state index contributed by atoms with van der Waals surface area (Å²) in [6.07, 6.45) is 1.73. The fourth-order valence-corrected chi connectivity index (χ4v) is 2.42. The zero-order chi connectivity index (χ0) is 13.7. The van der Waals surface area contributed by atoms with E-state index >= 15 is 0 Å². The van der Waals surface area contributed by atoms with E-state index in [0.717, 1.165) is 18.5 Å². The first kappa shape index (κ1) is 13.5. The van der Waals surface area contributed by atoms with E-state index < -0.39 is 5.97 Å². The SMILES string of the molecule is CCCc1cc(C(=O)O)cc(NCc2cccs2)n1. The Morgan fingerprint density at radius 3 is 2.95 bits per heavy atom. The maximum absolute atomic E-state index is 11.1. The molecule has 2 heterocycles. The number of carboxylic acids is 1. The van der Waals surface area contributed by atoms with Crippen molar-refractivity contribution in [3.8, 4) is 0 Å². The van der Waals surface area contributed by atoms with Crippen LogP contribution in [-0.4, -0.2) is 16.1 Å². The largest absolute Gasteiger partial charge is 0.478 e. The quantitative estimate of drug-likeness (QED) is 0.848. The molecule has 0 aliphatic heterocycles. The van der Waals surface area contributed by atoms with Crippen molar-refractivity contribution < 1.29 is 9.90 Å². The summed E-state index contributed by atoms with van der Waals surface area (Å²) in [5.41, 5.74) is 1.10. The highest BCUT2D eigenvalue weighted by molar-refractivity contribution is 7.09. The number of nitrogens with one attached hydrogen (secondary N) is 1. The van der Waals surface area contributed by atoms with Crippen LogP contribution in [0.2, 0.25) is 0 Å². The molecule has 2 aromatic rings. The van der Waals surface area contributed by atoms with Crippen molar-refractivity contribution in [1.82, 2.24) is 4.98 Å². The van der Waals surface area contributed by atoms with Crippen molar-refractivity contribution in [3.63, 3.8) is 0 Å². The summed E-state index contributed by atoms with van der Waals surface area (Å²) in [4.78, 5) is 16.7. The van der Waals surface area contributed by atoms with Gasteiger partial charge in [-0.05, 0) is 30.0 Å². The topological polar surface area (TPSA) is 62.2 Å². The lowest BCUT2D eigenvalue weighted by Gasteiger charge is -2.08. The summed E-state index contributed by atoms with van der Waals surface area (Å²) in [5, 5.41) is 14.3. The number of thiophene rings is 1. The molecule has 0 spiro atoms. The molecule has 0 amide bonds. The molecule has 2 aromatic heterocycles. The van der Waals surface area contributed by atoms with Gasteiger partial charge in [0.1, 0.15) is 5.82 Å². The standard InChI is InChI=1S/C14H16N2O2S/c1-2-4-11-7-10(14(17)18)8-13(16-11)15-9-12-5-3-6-19-12/h3,5-8H,2,4,9H2,1H3,(H,15,16)(H,17,18). The molecule has 0 unspecified atom stereocenters. The minimum atomic E-state index is -0.918. The van der Waals surface area contributed by atoms with Gasteiger partial charge in [-0.2, -0.15) is 0 Å². The third-order valence-electron chi connectivity index (χ3n) is 2.66. The second-order valence-corrected chi connectivity index (χ2v) is 5.25. The molecule has 4 nitrogen and oxygen atoms in total. The van der Waals surface area contributed by atoms with E-state index in [-0.39, 0.29) is 5.56 Å². The second-order valence-electron chi connectivity index (χ2n) is 4.22. The van der Waals surface area contributed by atoms with Crippen molar-refractivity contribution in [2.24, 2.45) is 0 Å². The Bertz CT molecular complexity index is 553. The second kappa shape index (κ2) is 6.33. The fourth-order valence-electron chi connectivity index (χ4n) is 1.78. The Kier molecular flexibility index (Phi) is 4.52. The van der Waals surface area contributed by atoms with E-state index in [2.05, 4.69) is 10.3 Å². The molecule has 0 atom stereocenters. The van der Waals surface area contributed by atoms with Crippen molar-refractivity contribution in [3.05, 3.63) is 45.8 Å². The van der Waals surface area contributed by atoms with Crippen LogP contribution in [0.4, 0.5) is 5.82 Å². The lowest BCUT2D eigenvalue weighted by atomic mass is 10.1. The molecular weight excluding hydrogens is 260 g/mol. The van der Waals surface area contributed by atoms with E-state index in [4.69, 9.17) is 5.11 Å². The molecule has 0 radical (unpaired) electrons. The smallest absolute Gasteiger partial charge is 0.335 e. The fraction of sp³-hybridized carbons (Fsp3) is 0.286. The van der Waals surface area contributed by atoms with Gasteiger partial charge in [-0.25, -0.2) is 9.78 Å². The molecule has 100 valence electrons. The molecule has 0 fully saturated rings. The van der Waals surface area contributed by atoms with Crippen molar-refractivity contribution in [1.29, 1.82) is 0 Å². The number of aryl methyl sites for hydroxylation is 1.